The van der Waals surface area contributed by atoms with Gasteiger partial charge in [0, 0.05) is 18.6 Å². The molecular formula is C13H15FN4. The minimum absolute atomic E-state index is 0.286. The van der Waals surface area contributed by atoms with Crippen LogP contribution in [0.1, 0.15) is 29.7 Å². The van der Waals surface area contributed by atoms with Crippen LogP contribution in [0.25, 0.3) is 0 Å². The second-order valence-corrected chi connectivity index (χ2v) is 3.96. The van der Waals surface area contributed by atoms with Crippen LogP contribution in [0.4, 0.5) is 4.39 Å². The second kappa shape index (κ2) is 5.66. The van der Waals surface area contributed by atoms with Crippen LogP contribution in [0.2, 0.25) is 0 Å². The van der Waals surface area contributed by atoms with Gasteiger partial charge in [0.1, 0.15) is 5.82 Å². The molecule has 0 radical (unpaired) electrons. The molecule has 18 heavy (non-hydrogen) atoms. The summed E-state index contributed by atoms with van der Waals surface area (Å²) < 4.78 is 13.2. The summed E-state index contributed by atoms with van der Waals surface area (Å²) in [5, 5.41) is 0. The quantitative estimate of drug-likeness (QED) is 0.637. The summed E-state index contributed by atoms with van der Waals surface area (Å²) in [4.78, 5) is 7.93. The number of hydrogen-bond acceptors (Lipinski definition) is 4. The highest BCUT2D eigenvalue weighted by atomic mass is 19.1. The minimum atomic E-state index is -0.375. The lowest BCUT2D eigenvalue weighted by molar-refractivity contribution is 0.595. The number of nitrogens with two attached hydrogens (primary N) is 1. The predicted molar refractivity (Wildman–Crippen MR) is 67.0 cm³/mol. The average Bonchev–Trinajstić information content (AvgIpc) is 2.40. The van der Waals surface area contributed by atoms with Crippen LogP contribution in [0.3, 0.4) is 0 Å². The van der Waals surface area contributed by atoms with Gasteiger partial charge in [-0.2, -0.15) is 0 Å². The molecule has 0 aliphatic rings. The van der Waals surface area contributed by atoms with Gasteiger partial charge in [0.15, 0.2) is 0 Å². The zero-order valence-electron chi connectivity index (χ0n) is 10.1. The van der Waals surface area contributed by atoms with Gasteiger partial charge in [-0.3, -0.25) is 15.8 Å². The molecule has 1 atom stereocenters. The van der Waals surface area contributed by atoms with E-state index >= 15 is 0 Å². The summed E-state index contributed by atoms with van der Waals surface area (Å²) in [6.07, 6.45) is 7.11. The first-order chi connectivity index (χ1) is 8.76. The van der Waals surface area contributed by atoms with Crippen LogP contribution in [-0.2, 0) is 6.42 Å². The Morgan fingerprint density at radius 1 is 1.33 bits per heavy atom. The van der Waals surface area contributed by atoms with E-state index in [0.29, 0.717) is 5.56 Å². The highest BCUT2D eigenvalue weighted by molar-refractivity contribution is 5.34. The van der Waals surface area contributed by atoms with Gasteiger partial charge in [-0.15, -0.1) is 0 Å². The standard InChI is InChI=1S/C13H15FN4/c1-2-9-6-16-4-3-12(9)13(18-15)10-5-11(14)8-17-7-10/h3-8,13,18H,2,15H2,1H3. The highest BCUT2D eigenvalue weighted by Crippen LogP contribution is 2.24. The predicted octanol–water partition coefficient (Wildman–Crippen LogP) is 1.73. The van der Waals surface area contributed by atoms with E-state index in [1.807, 2.05) is 13.0 Å². The van der Waals surface area contributed by atoms with Crippen molar-refractivity contribution in [1.82, 2.24) is 15.4 Å². The molecule has 2 aromatic rings. The smallest absolute Gasteiger partial charge is 0.141 e. The Hall–Kier alpha value is -1.85. The summed E-state index contributed by atoms with van der Waals surface area (Å²) in [6.45, 7) is 2.04. The Kier molecular flexibility index (Phi) is 3.96. The molecule has 2 aromatic heterocycles. The maximum absolute atomic E-state index is 13.2. The molecule has 0 saturated heterocycles. The van der Waals surface area contributed by atoms with Crippen molar-refractivity contribution < 1.29 is 4.39 Å². The molecule has 4 nitrogen and oxygen atoms in total. The number of aryl methyl sites for hydroxylation is 1. The van der Waals surface area contributed by atoms with Crippen LogP contribution in [0, 0.1) is 5.82 Å². The van der Waals surface area contributed by atoms with Crippen LogP contribution in [0.15, 0.2) is 36.9 Å². The van der Waals surface area contributed by atoms with Crippen LogP contribution < -0.4 is 11.3 Å². The van der Waals surface area contributed by atoms with Crippen molar-refractivity contribution in [1.29, 1.82) is 0 Å². The molecule has 0 fully saturated rings. The van der Waals surface area contributed by atoms with E-state index in [-0.39, 0.29) is 11.9 Å². The van der Waals surface area contributed by atoms with Crippen molar-refractivity contribution in [3.05, 3.63) is 59.4 Å². The SMILES string of the molecule is CCc1cnccc1C(NN)c1cncc(F)c1. The number of halogens is 1. The fraction of sp³-hybridized carbons (Fsp3) is 0.231. The van der Waals surface area contributed by atoms with Gasteiger partial charge in [0.2, 0.25) is 0 Å². The molecule has 1 unspecified atom stereocenters. The fourth-order valence-electron chi connectivity index (χ4n) is 1.97. The molecule has 0 aliphatic carbocycles. The van der Waals surface area contributed by atoms with Gasteiger partial charge in [0.05, 0.1) is 12.2 Å². The molecule has 0 aliphatic heterocycles. The van der Waals surface area contributed by atoms with Gasteiger partial charge >= 0.3 is 0 Å². The lowest BCUT2D eigenvalue weighted by Crippen LogP contribution is -2.29. The van der Waals surface area contributed by atoms with Gasteiger partial charge in [-0.1, -0.05) is 6.92 Å². The van der Waals surface area contributed by atoms with Gasteiger partial charge in [-0.25, -0.2) is 9.82 Å². The van der Waals surface area contributed by atoms with E-state index in [4.69, 9.17) is 5.84 Å². The maximum Gasteiger partial charge on any atom is 0.141 e. The Morgan fingerprint density at radius 2 is 2.17 bits per heavy atom. The highest BCUT2D eigenvalue weighted by Gasteiger charge is 2.16. The van der Waals surface area contributed by atoms with Gasteiger partial charge in [0.25, 0.3) is 0 Å². The number of pyridine rings is 2. The minimum Gasteiger partial charge on any atom is -0.271 e. The summed E-state index contributed by atoms with van der Waals surface area (Å²) in [5.41, 5.74) is 5.46. The van der Waals surface area contributed by atoms with Crippen molar-refractivity contribution in [2.24, 2.45) is 5.84 Å². The summed E-state index contributed by atoms with van der Waals surface area (Å²) in [7, 11) is 0. The lowest BCUT2D eigenvalue weighted by Gasteiger charge is -2.19. The van der Waals surface area contributed by atoms with E-state index in [2.05, 4.69) is 15.4 Å². The normalized spacial score (nSPS) is 12.4. The van der Waals surface area contributed by atoms with E-state index in [0.717, 1.165) is 17.5 Å². The molecule has 0 bridgehead atoms. The summed E-state index contributed by atoms with van der Waals surface area (Å²) >= 11 is 0. The molecule has 0 saturated carbocycles. The first kappa shape index (κ1) is 12.6. The van der Waals surface area contributed by atoms with Crippen LogP contribution in [-0.4, -0.2) is 9.97 Å². The maximum atomic E-state index is 13.2. The molecule has 3 N–H and O–H groups in total. The molecule has 2 heterocycles. The van der Waals surface area contributed by atoms with Crippen molar-refractivity contribution in [3.8, 4) is 0 Å². The third kappa shape index (κ3) is 2.52. The number of hydrazine groups is 1. The van der Waals surface area contributed by atoms with Crippen LogP contribution >= 0.6 is 0 Å². The molecule has 5 heteroatoms. The lowest BCUT2D eigenvalue weighted by atomic mass is 9.96. The molecule has 2 rings (SSSR count). The van der Waals surface area contributed by atoms with Crippen molar-refractivity contribution >= 4 is 0 Å². The zero-order valence-corrected chi connectivity index (χ0v) is 10.1. The van der Waals surface area contributed by atoms with Gasteiger partial charge < -0.3 is 0 Å². The first-order valence-electron chi connectivity index (χ1n) is 5.75. The van der Waals surface area contributed by atoms with Crippen molar-refractivity contribution in [3.63, 3.8) is 0 Å². The molecule has 0 amide bonds. The van der Waals surface area contributed by atoms with Crippen molar-refractivity contribution in [2.45, 2.75) is 19.4 Å². The summed E-state index contributed by atoms with van der Waals surface area (Å²) in [6, 6.07) is 3.03. The van der Waals surface area contributed by atoms with Gasteiger partial charge in [-0.05, 0) is 35.2 Å². The number of aromatic nitrogens is 2. The Bertz CT molecular complexity index is 530. The first-order valence-corrected chi connectivity index (χ1v) is 5.75. The number of hydrogen-bond donors (Lipinski definition) is 2. The monoisotopic (exact) mass is 246 g/mol. The average molecular weight is 246 g/mol. The Morgan fingerprint density at radius 3 is 2.83 bits per heavy atom. The van der Waals surface area contributed by atoms with Crippen molar-refractivity contribution in [2.75, 3.05) is 0 Å². The largest absolute Gasteiger partial charge is 0.271 e. The number of nitrogens with zero attached hydrogens (tertiary/aromatic N) is 2. The fourth-order valence-corrected chi connectivity index (χ4v) is 1.97. The topological polar surface area (TPSA) is 63.8 Å². The van der Waals surface area contributed by atoms with E-state index in [1.165, 1.54) is 12.3 Å². The molecular weight excluding hydrogens is 231 g/mol. The summed E-state index contributed by atoms with van der Waals surface area (Å²) in [5.74, 6) is 5.21. The van der Waals surface area contributed by atoms with Crippen LogP contribution in [0.5, 0.6) is 0 Å². The Balaban J connectivity index is 2.45. The van der Waals surface area contributed by atoms with E-state index < -0.39 is 0 Å². The molecule has 94 valence electrons. The molecule has 0 spiro atoms. The van der Waals surface area contributed by atoms with E-state index in [9.17, 15) is 4.39 Å². The zero-order chi connectivity index (χ0) is 13.0. The number of rotatable bonds is 4. The number of nitrogens with one attached hydrogen (secondary N) is 1. The molecule has 0 aromatic carbocycles. The Labute approximate surface area is 105 Å². The third-order valence-electron chi connectivity index (χ3n) is 2.86. The second-order valence-electron chi connectivity index (χ2n) is 3.96. The third-order valence-corrected chi connectivity index (χ3v) is 2.86. The van der Waals surface area contributed by atoms with E-state index in [1.54, 1.807) is 18.6 Å².